The van der Waals surface area contributed by atoms with Gasteiger partial charge in [0.15, 0.2) is 0 Å². The van der Waals surface area contributed by atoms with Crippen LogP contribution in [0.25, 0.3) is 0 Å². The predicted molar refractivity (Wildman–Crippen MR) is 77.5 cm³/mol. The molecule has 0 aromatic heterocycles. The maximum Gasteiger partial charge on any atom is 0.338 e. The van der Waals surface area contributed by atoms with E-state index in [1.807, 2.05) is 13.8 Å². The third kappa shape index (κ3) is 3.72. The Labute approximate surface area is 126 Å². The standard InChI is InChI=1S/C14H17BrO5/c1-8(2)20-9-5-10(13(16)18-3)12(7-15)11(6-9)14(17)19-4/h5-6,8H,7H2,1-4H3. The zero-order valence-corrected chi connectivity index (χ0v) is 13.4. The predicted octanol–water partition coefficient (Wildman–Crippen LogP) is 2.94. The van der Waals surface area contributed by atoms with Crippen molar-refractivity contribution in [3.8, 4) is 5.75 Å². The molecule has 0 atom stereocenters. The molecule has 20 heavy (non-hydrogen) atoms. The van der Waals surface area contributed by atoms with Crippen molar-refractivity contribution in [3.05, 3.63) is 28.8 Å². The number of hydrogen-bond donors (Lipinski definition) is 0. The van der Waals surface area contributed by atoms with Crippen molar-refractivity contribution >= 4 is 27.9 Å². The first-order valence-electron chi connectivity index (χ1n) is 6.00. The molecule has 1 aromatic carbocycles. The summed E-state index contributed by atoms with van der Waals surface area (Å²) in [5.41, 5.74) is 1.07. The van der Waals surface area contributed by atoms with Crippen molar-refractivity contribution in [2.24, 2.45) is 0 Å². The third-order valence-electron chi connectivity index (χ3n) is 2.54. The highest BCUT2D eigenvalue weighted by Gasteiger charge is 2.22. The van der Waals surface area contributed by atoms with Gasteiger partial charge in [-0.1, -0.05) is 15.9 Å². The molecule has 0 unspecified atom stereocenters. The smallest absolute Gasteiger partial charge is 0.338 e. The molecule has 0 aliphatic heterocycles. The highest BCUT2D eigenvalue weighted by molar-refractivity contribution is 9.08. The molecule has 0 bridgehead atoms. The number of benzene rings is 1. The summed E-state index contributed by atoms with van der Waals surface area (Å²) in [6.45, 7) is 3.71. The zero-order valence-electron chi connectivity index (χ0n) is 11.9. The van der Waals surface area contributed by atoms with Crippen molar-refractivity contribution < 1.29 is 23.8 Å². The van der Waals surface area contributed by atoms with Gasteiger partial charge in [-0.25, -0.2) is 9.59 Å². The van der Waals surface area contributed by atoms with E-state index < -0.39 is 11.9 Å². The largest absolute Gasteiger partial charge is 0.491 e. The van der Waals surface area contributed by atoms with E-state index in [1.54, 1.807) is 12.1 Å². The van der Waals surface area contributed by atoms with Crippen molar-refractivity contribution in [1.82, 2.24) is 0 Å². The second-order valence-electron chi connectivity index (χ2n) is 4.28. The minimum absolute atomic E-state index is 0.0826. The van der Waals surface area contributed by atoms with Crippen LogP contribution in [0.1, 0.15) is 40.1 Å². The van der Waals surface area contributed by atoms with Gasteiger partial charge in [-0.3, -0.25) is 0 Å². The SMILES string of the molecule is COC(=O)c1cc(OC(C)C)cc(C(=O)OC)c1CBr. The van der Waals surface area contributed by atoms with Crippen molar-refractivity contribution in [2.75, 3.05) is 14.2 Å². The Bertz CT molecular complexity index is 473. The van der Waals surface area contributed by atoms with Crippen molar-refractivity contribution in [3.63, 3.8) is 0 Å². The molecule has 0 saturated carbocycles. The molecule has 6 heteroatoms. The van der Waals surface area contributed by atoms with Gasteiger partial charge in [0.25, 0.3) is 0 Å². The Morgan fingerprint density at radius 3 is 1.85 bits per heavy atom. The summed E-state index contributed by atoms with van der Waals surface area (Å²) in [6.07, 6.45) is -0.0826. The first-order chi connectivity index (χ1) is 9.44. The van der Waals surface area contributed by atoms with E-state index >= 15 is 0 Å². The number of hydrogen-bond acceptors (Lipinski definition) is 5. The second kappa shape index (κ2) is 7.28. The number of ether oxygens (including phenoxy) is 3. The number of esters is 2. The lowest BCUT2D eigenvalue weighted by Crippen LogP contribution is -2.14. The Morgan fingerprint density at radius 2 is 1.55 bits per heavy atom. The van der Waals surface area contributed by atoms with Crippen LogP contribution in [0.5, 0.6) is 5.75 Å². The molecular weight excluding hydrogens is 328 g/mol. The Balaban J connectivity index is 3.46. The number of carbonyl (C=O) groups excluding carboxylic acids is 2. The molecule has 0 saturated heterocycles. The van der Waals surface area contributed by atoms with Crippen LogP contribution >= 0.6 is 15.9 Å². The topological polar surface area (TPSA) is 61.8 Å². The fourth-order valence-corrected chi connectivity index (χ4v) is 2.32. The molecule has 0 fully saturated rings. The van der Waals surface area contributed by atoms with Crippen LogP contribution in [-0.2, 0) is 14.8 Å². The molecule has 5 nitrogen and oxygen atoms in total. The summed E-state index contributed by atoms with van der Waals surface area (Å²) in [5, 5.41) is 0.323. The van der Waals surface area contributed by atoms with Crippen molar-refractivity contribution in [2.45, 2.75) is 25.3 Å². The molecule has 0 amide bonds. The van der Waals surface area contributed by atoms with E-state index in [1.165, 1.54) is 14.2 Å². The lowest BCUT2D eigenvalue weighted by atomic mass is 10.0. The lowest BCUT2D eigenvalue weighted by molar-refractivity contribution is 0.0596. The quantitative estimate of drug-likeness (QED) is 0.607. The molecule has 0 radical (unpaired) electrons. The van der Waals surface area contributed by atoms with Gasteiger partial charge in [-0.05, 0) is 31.5 Å². The number of halogens is 1. The van der Waals surface area contributed by atoms with Crippen LogP contribution in [0.3, 0.4) is 0 Å². The molecule has 1 rings (SSSR count). The van der Waals surface area contributed by atoms with E-state index in [2.05, 4.69) is 15.9 Å². The fraction of sp³-hybridized carbons (Fsp3) is 0.429. The van der Waals surface area contributed by atoms with E-state index in [9.17, 15) is 9.59 Å². The highest BCUT2D eigenvalue weighted by Crippen LogP contribution is 2.27. The van der Waals surface area contributed by atoms with Gasteiger partial charge in [0, 0.05) is 5.33 Å². The zero-order chi connectivity index (χ0) is 15.3. The van der Waals surface area contributed by atoms with Crippen LogP contribution in [0.2, 0.25) is 0 Å². The third-order valence-corrected chi connectivity index (χ3v) is 3.10. The minimum atomic E-state index is -0.529. The molecular formula is C14H17BrO5. The average molecular weight is 345 g/mol. The lowest BCUT2D eigenvalue weighted by Gasteiger charge is -2.15. The number of alkyl halides is 1. The molecule has 0 spiro atoms. The normalized spacial score (nSPS) is 10.3. The molecule has 110 valence electrons. The molecule has 0 N–H and O–H groups in total. The molecule has 0 heterocycles. The molecule has 0 aliphatic carbocycles. The maximum absolute atomic E-state index is 11.8. The van der Waals surface area contributed by atoms with Crippen LogP contribution < -0.4 is 4.74 Å². The Hall–Kier alpha value is -1.56. The summed E-state index contributed by atoms with van der Waals surface area (Å²) in [6, 6.07) is 3.13. The van der Waals surface area contributed by atoms with E-state index in [0.717, 1.165) is 0 Å². The highest BCUT2D eigenvalue weighted by atomic mass is 79.9. The van der Waals surface area contributed by atoms with Gasteiger partial charge >= 0.3 is 11.9 Å². The molecule has 1 aromatic rings. The van der Waals surface area contributed by atoms with Gasteiger partial charge in [-0.2, -0.15) is 0 Å². The summed E-state index contributed by atoms with van der Waals surface area (Å²) in [5.74, 6) is -0.636. The Kier molecular flexibility index (Phi) is 6.01. The van der Waals surface area contributed by atoms with E-state index in [-0.39, 0.29) is 17.2 Å². The van der Waals surface area contributed by atoms with Crippen molar-refractivity contribution in [1.29, 1.82) is 0 Å². The van der Waals surface area contributed by atoms with Crippen LogP contribution in [0.15, 0.2) is 12.1 Å². The van der Waals surface area contributed by atoms with Gasteiger partial charge < -0.3 is 14.2 Å². The Morgan fingerprint density at radius 1 is 1.10 bits per heavy atom. The first kappa shape index (κ1) is 16.5. The molecule has 0 aliphatic rings. The van der Waals surface area contributed by atoms with Gasteiger partial charge in [0.2, 0.25) is 0 Å². The number of rotatable bonds is 5. The first-order valence-corrected chi connectivity index (χ1v) is 7.12. The monoisotopic (exact) mass is 344 g/mol. The van der Waals surface area contributed by atoms with Crippen LogP contribution in [0, 0.1) is 0 Å². The van der Waals surface area contributed by atoms with E-state index in [0.29, 0.717) is 16.6 Å². The van der Waals surface area contributed by atoms with Gasteiger partial charge in [-0.15, -0.1) is 0 Å². The summed E-state index contributed by atoms with van der Waals surface area (Å²) < 4.78 is 15.0. The van der Waals surface area contributed by atoms with Crippen LogP contribution in [-0.4, -0.2) is 32.3 Å². The number of methoxy groups -OCH3 is 2. The summed E-state index contributed by atoms with van der Waals surface area (Å²) in [7, 11) is 2.57. The summed E-state index contributed by atoms with van der Waals surface area (Å²) in [4.78, 5) is 23.7. The summed E-state index contributed by atoms with van der Waals surface area (Å²) >= 11 is 3.27. The second-order valence-corrected chi connectivity index (χ2v) is 4.84. The van der Waals surface area contributed by atoms with Gasteiger partial charge in [0.05, 0.1) is 31.5 Å². The average Bonchev–Trinajstić information content (AvgIpc) is 2.43. The maximum atomic E-state index is 11.8. The fourth-order valence-electron chi connectivity index (χ4n) is 1.71. The van der Waals surface area contributed by atoms with Gasteiger partial charge in [0.1, 0.15) is 5.75 Å². The minimum Gasteiger partial charge on any atom is -0.491 e. The van der Waals surface area contributed by atoms with E-state index in [4.69, 9.17) is 14.2 Å². The van der Waals surface area contributed by atoms with Crippen LogP contribution in [0.4, 0.5) is 0 Å². The number of carbonyl (C=O) groups is 2.